The van der Waals surface area contributed by atoms with Gasteiger partial charge in [0.05, 0.1) is 19.8 Å². The number of nitrogens with one attached hydrogen (secondary N) is 1. The summed E-state index contributed by atoms with van der Waals surface area (Å²) in [5.74, 6) is -0.206. The van der Waals surface area contributed by atoms with Crippen molar-refractivity contribution in [2.45, 2.75) is 13.0 Å². The van der Waals surface area contributed by atoms with E-state index in [2.05, 4.69) is 10.2 Å². The Morgan fingerprint density at radius 2 is 2.05 bits per heavy atom. The molecule has 1 saturated heterocycles. The highest BCUT2D eigenvalue weighted by molar-refractivity contribution is 5.79. The molecule has 1 unspecified atom stereocenters. The quantitative estimate of drug-likeness (QED) is 0.796. The molecule has 1 heterocycles. The number of hydrogen-bond acceptors (Lipinski definition) is 5. The van der Waals surface area contributed by atoms with Crippen LogP contribution in [0, 0.1) is 0 Å². The van der Waals surface area contributed by atoms with Gasteiger partial charge in [0.15, 0.2) is 0 Å². The van der Waals surface area contributed by atoms with E-state index < -0.39 is 0 Å². The highest BCUT2D eigenvalue weighted by atomic mass is 16.5. The van der Waals surface area contributed by atoms with Crippen LogP contribution in [-0.2, 0) is 14.3 Å². The predicted octanol–water partition coefficient (Wildman–Crippen LogP) is 1.36. The zero-order chi connectivity index (χ0) is 14.2. The summed E-state index contributed by atoms with van der Waals surface area (Å²) in [6.07, 6.45) is 0. The molecule has 1 aromatic carbocycles. The number of nitrogens with zero attached hydrogens (tertiary/aromatic N) is 1. The monoisotopic (exact) mass is 278 g/mol. The van der Waals surface area contributed by atoms with Crippen LogP contribution >= 0.6 is 0 Å². The molecule has 1 fully saturated rings. The van der Waals surface area contributed by atoms with Crippen molar-refractivity contribution in [3.63, 3.8) is 0 Å². The summed E-state index contributed by atoms with van der Waals surface area (Å²) in [5.41, 5.74) is 0.929. The van der Waals surface area contributed by atoms with E-state index in [0.29, 0.717) is 13.2 Å². The maximum absolute atomic E-state index is 12.1. The molecule has 0 aliphatic carbocycles. The van der Waals surface area contributed by atoms with E-state index in [1.807, 2.05) is 37.3 Å². The molecule has 1 aliphatic heterocycles. The van der Waals surface area contributed by atoms with Crippen molar-refractivity contribution < 1.29 is 14.3 Å². The van der Waals surface area contributed by atoms with Crippen LogP contribution in [-0.4, -0.2) is 56.4 Å². The fraction of sp³-hybridized carbons (Fsp3) is 0.533. The van der Waals surface area contributed by atoms with Crippen molar-refractivity contribution in [1.82, 2.24) is 4.90 Å². The SMILES string of the molecule is CCOC(=O)C(CN1CCOCC1)Nc1ccccc1. The van der Waals surface area contributed by atoms with Gasteiger partial charge in [0.1, 0.15) is 6.04 Å². The molecule has 1 aliphatic rings. The second-order valence-electron chi connectivity index (χ2n) is 4.73. The Morgan fingerprint density at radius 1 is 1.35 bits per heavy atom. The van der Waals surface area contributed by atoms with E-state index in [9.17, 15) is 4.79 Å². The first-order valence-corrected chi connectivity index (χ1v) is 7.08. The molecular formula is C15H22N2O3. The van der Waals surface area contributed by atoms with Crippen LogP contribution in [0.2, 0.25) is 0 Å². The molecule has 0 aromatic heterocycles. The molecule has 1 atom stereocenters. The summed E-state index contributed by atoms with van der Waals surface area (Å²) in [6, 6.07) is 9.39. The lowest BCUT2D eigenvalue weighted by molar-refractivity contribution is -0.144. The largest absolute Gasteiger partial charge is 0.464 e. The van der Waals surface area contributed by atoms with Crippen molar-refractivity contribution in [2.24, 2.45) is 0 Å². The van der Waals surface area contributed by atoms with Crippen LogP contribution in [0.1, 0.15) is 6.92 Å². The summed E-state index contributed by atoms with van der Waals surface area (Å²) in [5, 5.41) is 3.25. The molecule has 0 saturated carbocycles. The first kappa shape index (κ1) is 14.8. The number of para-hydroxylation sites is 1. The average Bonchev–Trinajstić information content (AvgIpc) is 2.49. The van der Waals surface area contributed by atoms with E-state index >= 15 is 0 Å². The van der Waals surface area contributed by atoms with Gasteiger partial charge >= 0.3 is 5.97 Å². The van der Waals surface area contributed by atoms with E-state index in [0.717, 1.165) is 32.0 Å². The smallest absolute Gasteiger partial charge is 0.329 e. The van der Waals surface area contributed by atoms with E-state index in [1.54, 1.807) is 0 Å². The molecule has 5 heteroatoms. The highest BCUT2D eigenvalue weighted by Crippen LogP contribution is 2.10. The molecule has 0 amide bonds. The Bertz CT molecular complexity index is 405. The molecule has 20 heavy (non-hydrogen) atoms. The van der Waals surface area contributed by atoms with E-state index in [4.69, 9.17) is 9.47 Å². The zero-order valence-electron chi connectivity index (χ0n) is 11.9. The van der Waals surface area contributed by atoms with Gasteiger partial charge in [-0.15, -0.1) is 0 Å². The second kappa shape index (κ2) is 7.87. The first-order valence-electron chi connectivity index (χ1n) is 7.08. The molecule has 1 N–H and O–H groups in total. The molecule has 0 spiro atoms. The third-order valence-electron chi connectivity index (χ3n) is 3.23. The van der Waals surface area contributed by atoms with Crippen molar-refractivity contribution in [3.05, 3.63) is 30.3 Å². The normalized spacial score (nSPS) is 17.4. The molecule has 5 nitrogen and oxygen atoms in total. The third-order valence-corrected chi connectivity index (χ3v) is 3.23. The van der Waals surface area contributed by atoms with Gasteiger partial charge in [-0.2, -0.15) is 0 Å². The number of carbonyl (C=O) groups excluding carboxylic acids is 1. The number of carbonyl (C=O) groups is 1. The number of ether oxygens (including phenoxy) is 2. The minimum Gasteiger partial charge on any atom is -0.464 e. The van der Waals surface area contributed by atoms with Crippen LogP contribution < -0.4 is 5.32 Å². The zero-order valence-corrected chi connectivity index (χ0v) is 11.9. The minimum atomic E-state index is -0.351. The molecular weight excluding hydrogens is 256 g/mol. The number of morpholine rings is 1. The predicted molar refractivity (Wildman–Crippen MR) is 77.7 cm³/mol. The maximum Gasteiger partial charge on any atom is 0.329 e. The molecule has 2 rings (SSSR count). The summed E-state index contributed by atoms with van der Waals surface area (Å²) < 4.78 is 10.5. The van der Waals surface area contributed by atoms with Crippen molar-refractivity contribution >= 4 is 11.7 Å². The van der Waals surface area contributed by atoms with Crippen molar-refractivity contribution in [3.8, 4) is 0 Å². The Kier molecular flexibility index (Phi) is 5.83. The van der Waals surface area contributed by atoms with Gasteiger partial charge in [-0.3, -0.25) is 4.90 Å². The van der Waals surface area contributed by atoms with Crippen LogP contribution in [0.5, 0.6) is 0 Å². The third kappa shape index (κ3) is 4.51. The van der Waals surface area contributed by atoms with Gasteiger partial charge in [-0.1, -0.05) is 18.2 Å². The Morgan fingerprint density at radius 3 is 2.70 bits per heavy atom. The number of hydrogen-bond donors (Lipinski definition) is 1. The van der Waals surface area contributed by atoms with Gasteiger partial charge < -0.3 is 14.8 Å². The highest BCUT2D eigenvalue weighted by Gasteiger charge is 2.23. The number of rotatable bonds is 6. The van der Waals surface area contributed by atoms with Crippen molar-refractivity contribution in [1.29, 1.82) is 0 Å². The summed E-state index contributed by atoms with van der Waals surface area (Å²) in [6.45, 7) is 6.01. The minimum absolute atomic E-state index is 0.206. The lowest BCUT2D eigenvalue weighted by atomic mass is 10.2. The maximum atomic E-state index is 12.1. The lowest BCUT2D eigenvalue weighted by Gasteiger charge is -2.30. The van der Waals surface area contributed by atoms with Crippen LogP contribution in [0.4, 0.5) is 5.69 Å². The van der Waals surface area contributed by atoms with Crippen LogP contribution in [0.25, 0.3) is 0 Å². The molecule has 110 valence electrons. The fourth-order valence-electron chi connectivity index (χ4n) is 2.20. The Labute approximate surface area is 119 Å². The second-order valence-corrected chi connectivity index (χ2v) is 4.73. The van der Waals surface area contributed by atoms with Crippen LogP contribution in [0.3, 0.4) is 0 Å². The van der Waals surface area contributed by atoms with Gasteiger partial charge in [-0.25, -0.2) is 4.79 Å². The number of benzene rings is 1. The van der Waals surface area contributed by atoms with Gasteiger partial charge in [0, 0.05) is 25.3 Å². The number of anilines is 1. The number of esters is 1. The lowest BCUT2D eigenvalue weighted by Crippen LogP contribution is -2.46. The fourth-order valence-corrected chi connectivity index (χ4v) is 2.20. The summed E-state index contributed by atoms with van der Waals surface area (Å²) in [7, 11) is 0. The molecule has 1 aromatic rings. The topological polar surface area (TPSA) is 50.8 Å². The van der Waals surface area contributed by atoms with Crippen molar-refractivity contribution in [2.75, 3.05) is 44.8 Å². The average molecular weight is 278 g/mol. The van der Waals surface area contributed by atoms with Gasteiger partial charge in [0.2, 0.25) is 0 Å². The summed E-state index contributed by atoms with van der Waals surface area (Å²) in [4.78, 5) is 14.3. The van der Waals surface area contributed by atoms with Gasteiger partial charge in [0.25, 0.3) is 0 Å². The van der Waals surface area contributed by atoms with Gasteiger partial charge in [-0.05, 0) is 19.1 Å². The molecule has 0 bridgehead atoms. The van der Waals surface area contributed by atoms with E-state index in [1.165, 1.54) is 0 Å². The van der Waals surface area contributed by atoms with E-state index in [-0.39, 0.29) is 12.0 Å². The van der Waals surface area contributed by atoms with Crippen LogP contribution in [0.15, 0.2) is 30.3 Å². The first-order chi connectivity index (χ1) is 9.79. The molecule has 0 radical (unpaired) electrons. The Balaban J connectivity index is 1.98. The standard InChI is InChI=1S/C15H22N2O3/c1-2-20-15(18)14(12-17-8-10-19-11-9-17)16-13-6-4-3-5-7-13/h3-7,14,16H,2,8-12H2,1H3. The Hall–Kier alpha value is -1.59. The summed E-state index contributed by atoms with van der Waals surface area (Å²) >= 11 is 0.